The molecular weight excluding hydrogens is 342 g/mol. The average Bonchev–Trinajstić information content (AvgIpc) is 3.31. The van der Waals surface area contributed by atoms with Crippen molar-refractivity contribution in [3.8, 4) is 5.75 Å². The van der Waals surface area contributed by atoms with E-state index in [2.05, 4.69) is 5.32 Å². The Kier molecular flexibility index (Phi) is 3.88. The van der Waals surface area contributed by atoms with Crippen molar-refractivity contribution in [1.29, 1.82) is 0 Å². The molecule has 1 N–H and O–H groups in total. The van der Waals surface area contributed by atoms with Crippen molar-refractivity contribution in [2.24, 2.45) is 23.7 Å². The first-order valence-corrected chi connectivity index (χ1v) is 9.47. The predicted molar refractivity (Wildman–Crippen MR) is 98.9 cm³/mol. The van der Waals surface area contributed by atoms with Crippen LogP contribution in [-0.4, -0.2) is 18.0 Å². The molecule has 5 rings (SSSR count). The van der Waals surface area contributed by atoms with Gasteiger partial charge in [0.05, 0.1) is 11.8 Å². The number of hydrogen-bond acceptors (Lipinski definition) is 4. The summed E-state index contributed by atoms with van der Waals surface area (Å²) in [5.74, 6) is 0.506. The minimum Gasteiger partial charge on any atom is -0.489 e. The molecule has 0 unspecified atom stereocenters. The van der Waals surface area contributed by atoms with E-state index in [-0.39, 0.29) is 41.7 Å². The number of carbonyl (C=O) groups is 2. The van der Waals surface area contributed by atoms with E-state index < -0.39 is 0 Å². The van der Waals surface area contributed by atoms with Crippen molar-refractivity contribution in [2.75, 3.05) is 5.32 Å². The lowest BCUT2D eigenvalue weighted by atomic mass is 9.79. The summed E-state index contributed by atoms with van der Waals surface area (Å²) < 4.78 is 11.2. The second-order valence-electron chi connectivity index (χ2n) is 7.71. The van der Waals surface area contributed by atoms with Gasteiger partial charge in [-0.05, 0) is 48.6 Å². The summed E-state index contributed by atoms with van der Waals surface area (Å²) in [6, 6.07) is 17.3. The van der Waals surface area contributed by atoms with Crippen LogP contribution in [0.1, 0.15) is 18.4 Å². The molecule has 2 aromatic carbocycles. The third-order valence-electron chi connectivity index (χ3n) is 6.16. The normalized spacial score (nSPS) is 30.2. The summed E-state index contributed by atoms with van der Waals surface area (Å²) in [6.45, 7) is 0.503. The zero-order valence-corrected chi connectivity index (χ0v) is 14.8. The van der Waals surface area contributed by atoms with Crippen molar-refractivity contribution in [2.45, 2.75) is 25.6 Å². The van der Waals surface area contributed by atoms with Crippen LogP contribution in [0.3, 0.4) is 0 Å². The quantitative estimate of drug-likeness (QED) is 0.827. The molecule has 1 heterocycles. The zero-order valence-electron chi connectivity index (χ0n) is 14.8. The van der Waals surface area contributed by atoms with Gasteiger partial charge >= 0.3 is 5.97 Å². The van der Waals surface area contributed by atoms with E-state index in [0.29, 0.717) is 6.61 Å². The summed E-state index contributed by atoms with van der Waals surface area (Å²) in [5.41, 5.74) is 1.82. The number of ether oxygens (including phenoxy) is 2. The summed E-state index contributed by atoms with van der Waals surface area (Å²) in [6.07, 6.45) is 1.82. The highest BCUT2D eigenvalue weighted by molar-refractivity contribution is 5.97. The fraction of sp³-hybridized carbons (Fsp3) is 0.364. The van der Waals surface area contributed by atoms with Crippen LogP contribution in [-0.2, 0) is 20.9 Å². The maximum atomic E-state index is 12.8. The molecule has 3 fully saturated rings. The number of anilines is 1. The van der Waals surface area contributed by atoms with Crippen LogP contribution in [0, 0.1) is 23.7 Å². The van der Waals surface area contributed by atoms with E-state index in [1.807, 2.05) is 54.6 Å². The fourth-order valence-corrected chi connectivity index (χ4v) is 4.96. The minimum atomic E-state index is -0.254. The van der Waals surface area contributed by atoms with E-state index >= 15 is 0 Å². The van der Waals surface area contributed by atoms with Crippen molar-refractivity contribution in [1.82, 2.24) is 0 Å². The zero-order chi connectivity index (χ0) is 18.4. The second kappa shape index (κ2) is 6.41. The maximum absolute atomic E-state index is 12.8. The molecule has 0 spiro atoms. The Morgan fingerprint density at radius 2 is 1.85 bits per heavy atom. The molecule has 2 bridgehead atoms. The van der Waals surface area contributed by atoms with Crippen LogP contribution >= 0.6 is 0 Å². The molecule has 1 aliphatic heterocycles. The van der Waals surface area contributed by atoms with E-state index in [1.165, 1.54) is 0 Å². The van der Waals surface area contributed by atoms with Crippen LogP contribution < -0.4 is 10.1 Å². The van der Waals surface area contributed by atoms with Crippen molar-refractivity contribution >= 4 is 17.6 Å². The highest BCUT2D eigenvalue weighted by Gasteiger charge is 2.63. The van der Waals surface area contributed by atoms with Crippen molar-refractivity contribution in [3.63, 3.8) is 0 Å². The van der Waals surface area contributed by atoms with Gasteiger partial charge in [-0.3, -0.25) is 9.59 Å². The smallest absolute Gasteiger partial charge is 0.310 e. The largest absolute Gasteiger partial charge is 0.489 e. The lowest BCUT2D eigenvalue weighted by molar-refractivity contribution is -0.145. The summed E-state index contributed by atoms with van der Waals surface area (Å²) >= 11 is 0. The van der Waals surface area contributed by atoms with Gasteiger partial charge in [0.15, 0.2) is 0 Å². The minimum absolute atomic E-state index is 0.0533. The Bertz CT molecular complexity index is 862. The Labute approximate surface area is 157 Å². The van der Waals surface area contributed by atoms with Gasteiger partial charge in [0.2, 0.25) is 5.91 Å². The summed E-state index contributed by atoms with van der Waals surface area (Å²) in [4.78, 5) is 24.9. The van der Waals surface area contributed by atoms with Gasteiger partial charge in [-0.1, -0.05) is 30.3 Å². The van der Waals surface area contributed by atoms with Gasteiger partial charge < -0.3 is 14.8 Å². The van der Waals surface area contributed by atoms with Gasteiger partial charge in [-0.25, -0.2) is 0 Å². The number of fused-ring (bicyclic) bond motifs is 1. The molecule has 5 nitrogen and oxygen atoms in total. The average molecular weight is 363 g/mol. The molecule has 2 saturated carbocycles. The molecule has 2 aromatic rings. The summed E-state index contributed by atoms with van der Waals surface area (Å²) in [7, 11) is 0. The van der Waals surface area contributed by atoms with E-state index in [9.17, 15) is 9.59 Å². The lowest BCUT2D eigenvalue weighted by Crippen LogP contribution is -2.35. The predicted octanol–water partition coefficient (Wildman–Crippen LogP) is 3.40. The molecule has 3 aliphatic rings. The first-order chi connectivity index (χ1) is 13.2. The van der Waals surface area contributed by atoms with Gasteiger partial charge in [0.25, 0.3) is 0 Å². The number of hydrogen-bond donors (Lipinski definition) is 1. The molecule has 0 aromatic heterocycles. The van der Waals surface area contributed by atoms with E-state index in [1.54, 1.807) is 0 Å². The number of benzene rings is 2. The SMILES string of the molecule is O=C(Nc1ccc(OCc2ccccc2)cc1)[C@@H]1[C@@H]2C[C@@H]3[C@@H]1C(=O)O[C@H]3C2. The first kappa shape index (κ1) is 16.4. The number of nitrogens with one attached hydrogen (secondary N) is 1. The summed E-state index contributed by atoms with van der Waals surface area (Å²) in [5, 5.41) is 2.97. The Hall–Kier alpha value is -2.82. The molecule has 2 aliphatic carbocycles. The van der Waals surface area contributed by atoms with Crippen LogP contribution in [0.25, 0.3) is 0 Å². The molecule has 1 saturated heterocycles. The molecule has 5 heteroatoms. The standard InChI is InChI=1S/C22H21NO4/c24-21(19-14-10-17-18(11-14)27-22(25)20(17)19)23-15-6-8-16(9-7-15)26-12-13-4-2-1-3-5-13/h1-9,14,17-20H,10-12H2,(H,23,24)/t14-,17+,18+,19-,20+/m1/s1. The fourth-order valence-electron chi connectivity index (χ4n) is 4.96. The second-order valence-corrected chi connectivity index (χ2v) is 7.71. The molecule has 0 radical (unpaired) electrons. The van der Waals surface area contributed by atoms with Crippen LogP contribution in [0.15, 0.2) is 54.6 Å². The first-order valence-electron chi connectivity index (χ1n) is 9.47. The third-order valence-corrected chi connectivity index (χ3v) is 6.16. The monoisotopic (exact) mass is 363 g/mol. The molecule has 138 valence electrons. The number of esters is 1. The Morgan fingerprint density at radius 3 is 2.63 bits per heavy atom. The molecular formula is C22H21NO4. The van der Waals surface area contributed by atoms with Gasteiger partial charge in [-0.2, -0.15) is 0 Å². The van der Waals surface area contributed by atoms with Crippen LogP contribution in [0.4, 0.5) is 5.69 Å². The number of carbonyl (C=O) groups excluding carboxylic acids is 2. The lowest BCUT2D eigenvalue weighted by Gasteiger charge is -2.23. The van der Waals surface area contributed by atoms with Crippen molar-refractivity contribution < 1.29 is 19.1 Å². The van der Waals surface area contributed by atoms with Gasteiger partial charge in [0.1, 0.15) is 18.5 Å². The van der Waals surface area contributed by atoms with E-state index in [4.69, 9.17) is 9.47 Å². The van der Waals surface area contributed by atoms with Crippen LogP contribution in [0.5, 0.6) is 5.75 Å². The Morgan fingerprint density at radius 1 is 1.07 bits per heavy atom. The molecule has 1 amide bonds. The Balaban J connectivity index is 1.21. The number of rotatable bonds is 5. The third kappa shape index (κ3) is 2.87. The van der Waals surface area contributed by atoms with Crippen molar-refractivity contribution in [3.05, 3.63) is 60.2 Å². The van der Waals surface area contributed by atoms with E-state index in [0.717, 1.165) is 29.8 Å². The van der Waals surface area contributed by atoms with Crippen LogP contribution in [0.2, 0.25) is 0 Å². The topological polar surface area (TPSA) is 64.6 Å². The molecule has 27 heavy (non-hydrogen) atoms. The molecule has 5 atom stereocenters. The van der Waals surface area contributed by atoms with Gasteiger partial charge in [-0.15, -0.1) is 0 Å². The highest BCUT2D eigenvalue weighted by atomic mass is 16.6. The number of amides is 1. The maximum Gasteiger partial charge on any atom is 0.310 e. The highest BCUT2D eigenvalue weighted by Crippen LogP contribution is 2.57. The van der Waals surface area contributed by atoms with Gasteiger partial charge in [0, 0.05) is 11.6 Å².